The Balaban J connectivity index is 2.05. The lowest BCUT2D eigenvalue weighted by atomic mass is 10.1. The predicted octanol–water partition coefficient (Wildman–Crippen LogP) is 2.32. The number of nitro groups is 1. The summed E-state index contributed by atoms with van der Waals surface area (Å²) in [7, 11) is 0. The molecule has 0 aliphatic carbocycles. The summed E-state index contributed by atoms with van der Waals surface area (Å²) < 4.78 is 1.48. The van der Waals surface area contributed by atoms with Crippen molar-refractivity contribution in [1.82, 2.24) is 14.8 Å². The molecular formula is C15H19N5O4S. The molecule has 2 N–H and O–H groups in total. The quantitative estimate of drug-likeness (QED) is 0.420. The van der Waals surface area contributed by atoms with Crippen LogP contribution in [0.3, 0.4) is 0 Å². The highest BCUT2D eigenvalue weighted by Crippen LogP contribution is 2.28. The third-order valence-corrected chi connectivity index (χ3v) is 4.48. The molecule has 0 unspecified atom stereocenters. The average molecular weight is 365 g/mol. The van der Waals surface area contributed by atoms with Crippen LogP contribution in [-0.4, -0.2) is 31.3 Å². The molecule has 0 aliphatic heterocycles. The van der Waals surface area contributed by atoms with Gasteiger partial charge >= 0.3 is 5.69 Å². The van der Waals surface area contributed by atoms with Crippen LogP contribution >= 0.6 is 11.8 Å². The van der Waals surface area contributed by atoms with Gasteiger partial charge in [0.1, 0.15) is 5.69 Å². The molecule has 0 saturated heterocycles. The standard InChI is InChI=1S/C15H19N5O4S/c1-3-4-8-19-14(22)17-18-15(19)25-9-12(21)16-13-10(2)6-5-7-11(13)20(23)24/h5-7H,3-4,8-9H2,1-2H3,(H,16,21)(H,17,22). The van der Waals surface area contributed by atoms with E-state index in [0.717, 1.165) is 24.6 Å². The lowest BCUT2D eigenvalue weighted by molar-refractivity contribution is -0.384. The number of nitrogens with one attached hydrogen (secondary N) is 2. The SMILES string of the molecule is CCCCn1c(SCC(=O)Nc2c(C)cccc2[N+](=O)[O-])n[nH]c1=O. The van der Waals surface area contributed by atoms with Gasteiger partial charge in [-0.3, -0.25) is 19.5 Å². The summed E-state index contributed by atoms with van der Waals surface area (Å²) in [5.41, 5.74) is 0.319. The summed E-state index contributed by atoms with van der Waals surface area (Å²) in [4.78, 5) is 34.4. The van der Waals surface area contributed by atoms with E-state index in [4.69, 9.17) is 0 Å². The molecule has 10 heteroatoms. The van der Waals surface area contributed by atoms with Crippen LogP contribution in [0, 0.1) is 17.0 Å². The third-order valence-electron chi connectivity index (χ3n) is 3.50. The van der Waals surface area contributed by atoms with Crippen LogP contribution in [0.5, 0.6) is 0 Å². The van der Waals surface area contributed by atoms with Gasteiger partial charge in [0.2, 0.25) is 5.91 Å². The smallest absolute Gasteiger partial charge is 0.319 e. The number of aryl methyl sites for hydroxylation is 1. The zero-order chi connectivity index (χ0) is 18.4. The van der Waals surface area contributed by atoms with Crippen molar-refractivity contribution in [2.45, 2.75) is 38.4 Å². The number of rotatable bonds is 8. The normalized spacial score (nSPS) is 10.6. The molecule has 0 radical (unpaired) electrons. The number of aromatic nitrogens is 3. The fraction of sp³-hybridized carbons (Fsp3) is 0.400. The van der Waals surface area contributed by atoms with Gasteiger partial charge in [0.25, 0.3) is 5.69 Å². The molecule has 0 aliphatic rings. The number of hydrogen-bond acceptors (Lipinski definition) is 6. The summed E-state index contributed by atoms with van der Waals surface area (Å²) in [5.74, 6) is -0.415. The number of carbonyl (C=O) groups excluding carboxylic acids is 1. The topological polar surface area (TPSA) is 123 Å². The van der Waals surface area contributed by atoms with Crippen LogP contribution in [0.1, 0.15) is 25.3 Å². The number of nitrogens with zero attached hydrogens (tertiary/aromatic N) is 3. The summed E-state index contributed by atoms with van der Waals surface area (Å²) in [6, 6.07) is 4.59. The van der Waals surface area contributed by atoms with E-state index in [9.17, 15) is 19.7 Å². The maximum atomic E-state index is 12.2. The van der Waals surface area contributed by atoms with Crippen molar-refractivity contribution in [3.8, 4) is 0 Å². The molecule has 134 valence electrons. The number of H-pyrrole nitrogens is 1. The molecule has 9 nitrogen and oxygen atoms in total. The lowest BCUT2D eigenvalue weighted by Gasteiger charge is -2.09. The second-order valence-corrected chi connectivity index (χ2v) is 6.32. The number of hydrogen-bond donors (Lipinski definition) is 2. The van der Waals surface area contributed by atoms with Gasteiger partial charge in [-0.2, -0.15) is 0 Å². The number of anilines is 1. The fourth-order valence-electron chi connectivity index (χ4n) is 2.20. The summed E-state index contributed by atoms with van der Waals surface area (Å²) in [6.45, 7) is 4.23. The monoisotopic (exact) mass is 365 g/mol. The van der Waals surface area contributed by atoms with Gasteiger partial charge < -0.3 is 5.32 Å². The summed E-state index contributed by atoms with van der Waals surface area (Å²) in [6.07, 6.45) is 1.76. The zero-order valence-corrected chi connectivity index (χ0v) is 14.8. The third kappa shape index (κ3) is 4.69. The second kappa shape index (κ2) is 8.47. The predicted molar refractivity (Wildman–Crippen MR) is 94.9 cm³/mol. The van der Waals surface area contributed by atoms with Crippen LogP contribution in [0.2, 0.25) is 0 Å². The van der Waals surface area contributed by atoms with Gasteiger partial charge in [-0.05, 0) is 18.9 Å². The minimum Gasteiger partial charge on any atom is -0.319 e. The number of nitro benzene ring substituents is 1. The molecule has 1 amide bonds. The van der Waals surface area contributed by atoms with E-state index in [2.05, 4.69) is 15.5 Å². The average Bonchev–Trinajstić information content (AvgIpc) is 2.92. The lowest BCUT2D eigenvalue weighted by Crippen LogP contribution is -2.19. The zero-order valence-electron chi connectivity index (χ0n) is 13.9. The highest BCUT2D eigenvalue weighted by Gasteiger charge is 2.18. The largest absolute Gasteiger partial charge is 0.343 e. The molecule has 2 rings (SSSR count). The van der Waals surface area contributed by atoms with Crippen LogP contribution in [0.25, 0.3) is 0 Å². The van der Waals surface area contributed by atoms with Crippen molar-refractivity contribution in [2.24, 2.45) is 0 Å². The van der Waals surface area contributed by atoms with Crippen molar-refractivity contribution < 1.29 is 9.72 Å². The molecule has 25 heavy (non-hydrogen) atoms. The van der Waals surface area contributed by atoms with Crippen molar-refractivity contribution in [1.29, 1.82) is 0 Å². The second-order valence-electron chi connectivity index (χ2n) is 5.38. The van der Waals surface area contributed by atoms with Crippen LogP contribution < -0.4 is 11.0 Å². The molecule has 0 bridgehead atoms. The highest BCUT2D eigenvalue weighted by atomic mass is 32.2. The van der Waals surface area contributed by atoms with Gasteiger partial charge in [0.15, 0.2) is 5.16 Å². The van der Waals surface area contributed by atoms with Crippen LogP contribution in [0.4, 0.5) is 11.4 Å². The van der Waals surface area contributed by atoms with Crippen molar-refractivity contribution >= 4 is 29.0 Å². The molecule has 1 aromatic heterocycles. The number of para-hydroxylation sites is 1. The highest BCUT2D eigenvalue weighted by molar-refractivity contribution is 7.99. The number of amides is 1. The maximum Gasteiger partial charge on any atom is 0.343 e. The van der Waals surface area contributed by atoms with Crippen LogP contribution in [-0.2, 0) is 11.3 Å². The molecule has 0 saturated carbocycles. The van der Waals surface area contributed by atoms with Gasteiger partial charge in [0.05, 0.1) is 10.7 Å². The maximum absolute atomic E-state index is 12.2. The van der Waals surface area contributed by atoms with Crippen molar-refractivity contribution in [2.75, 3.05) is 11.1 Å². The number of thioether (sulfide) groups is 1. The Morgan fingerprint density at radius 1 is 1.48 bits per heavy atom. The van der Waals surface area contributed by atoms with E-state index in [1.807, 2.05) is 6.92 Å². The Hall–Kier alpha value is -2.62. The molecule has 0 spiro atoms. The molecular weight excluding hydrogens is 346 g/mol. The van der Waals surface area contributed by atoms with Gasteiger partial charge in [0, 0.05) is 12.6 Å². The van der Waals surface area contributed by atoms with E-state index < -0.39 is 10.8 Å². The number of unbranched alkanes of at least 4 members (excludes halogenated alkanes) is 1. The van der Waals surface area contributed by atoms with Crippen LogP contribution in [0.15, 0.2) is 28.2 Å². The Morgan fingerprint density at radius 3 is 2.92 bits per heavy atom. The molecule has 1 heterocycles. The Bertz CT molecular complexity index is 830. The Kier molecular flexibility index (Phi) is 6.34. The minimum atomic E-state index is -0.536. The molecule has 0 atom stereocenters. The van der Waals surface area contributed by atoms with Gasteiger partial charge in [-0.1, -0.05) is 37.2 Å². The summed E-state index contributed by atoms with van der Waals surface area (Å²) in [5, 5.41) is 20.4. The summed E-state index contributed by atoms with van der Waals surface area (Å²) >= 11 is 1.10. The first-order valence-electron chi connectivity index (χ1n) is 7.76. The number of aromatic amines is 1. The van der Waals surface area contributed by atoms with Gasteiger partial charge in [-0.25, -0.2) is 9.89 Å². The van der Waals surface area contributed by atoms with Crippen molar-refractivity contribution in [3.63, 3.8) is 0 Å². The van der Waals surface area contributed by atoms with E-state index in [-0.39, 0.29) is 22.8 Å². The first-order chi connectivity index (χ1) is 11.9. The van der Waals surface area contributed by atoms with E-state index in [0.29, 0.717) is 17.3 Å². The molecule has 2 aromatic rings. The first-order valence-corrected chi connectivity index (χ1v) is 8.74. The first kappa shape index (κ1) is 18.7. The van der Waals surface area contributed by atoms with Gasteiger partial charge in [-0.15, -0.1) is 5.10 Å². The molecule has 1 aromatic carbocycles. The fourth-order valence-corrected chi connectivity index (χ4v) is 2.97. The van der Waals surface area contributed by atoms with E-state index >= 15 is 0 Å². The number of benzene rings is 1. The minimum absolute atomic E-state index is 0.0120. The van der Waals surface area contributed by atoms with Crippen molar-refractivity contribution in [3.05, 3.63) is 44.4 Å². The van der Waals surface area contributed by atoms with E-state index in [1.165, 1.54) is 10.6 Å². The van der Waals surface area contributed by atoms with E-state index in [1.54, 1.807) is 19.1 Å². The molecule has 0 fully saturated rings. The Morgan fingerprint density at radius 2 is 2.24 bits per heavy atom. The Labute approximate surface area is 148 Å². The number of carbonyl (C=O) groups is 1.